The average Bonchev–Trinajstić information content (AvgIpc) is 3.00. The summed E-state index contributed by atoms with van der Waals surface area (Å²) in [5.41, 5.74) is 2.87. The second-order valence-electron chi connectivity index (χ2n) is 7.89. The van der Waals surface area contributed by atoms with Gasteiger partial charge >= 0.3 is 0 Å². The van der Waals surface area contributed by atoms with Crippen LogP contribution in [0.1, 0.15) is 38.6 Å². The number of hydrogen-bond acceptors (Lipinski definition) is 5. The summed E-state index contributed by atoms with van der Waals surface area (Å²) >= 11 is 0. The van der Waals surface area contributed by atoms with Crippen molar-refractivity contribution in [3.63, 3.8) is 0 Å². The van der Waals surface area contributed by atoms with Crippen molar-refractivity contribution >= 4 is 32.7 Å². The molecule has 0 aliphatic heterocycles. The topological polar surface area (TPSA) is 101 Å². The number of hydrogen-bond donors (Lipinski definition) is 2. The lowest BCUT2D eigenvalue weighted by Crippen LogP contribution is -2.28. The highest BCUT2D eigenvalue weighted by Gasteiger charge is 2.17. The van der Waals surface area contributed by atoms with Gasteiger partial charge in [-0.05, 0) is 41.3 Å². The number of amides is 1. The molecule has 1 aromatic heterocycles. The van der Waals surface area contributed by atoms with Crippen LogP contribution in [0.2, 0.25) is 0 Å². The van der Waals surface area contributed by atoms with E-state index in [2.05, 4.69) is 35.8 Å². The minimum atomic E-state index is -3.67. The monoisotopic (exact) mass is 415 g/mol. The number of carbonyl (C=O) groups excluding carboxylic acids is 1. The van der Waals surface area contributed by atoms with Crippen molar-refractivity contribution < 1.29 is 17.6 Å². The van der Waals surface area contributed by atoms with E-state index in [0.29, 0.717) is 22.7 Å². The number of nitrogens with one attached hydrogen (secondary N) is 2. The van der Waals surface area contributed by atoms with Crippen LogP contribution in [-0.4, -0.2) is 25.9 Å². The molecular formula is C21H25N3O4S. The van der Waals surface area contributed by atoms with Crippen molar-refractivity contribution in [2.75, 3.05) is 11.9 Å². The molecule has 1 amide bonds. The molecule has 8 heteroatoms. The lowest BCUT2D eigenvalue weighted by Gasteiger charge is -2.19. The largest absolute Gasteiger partial charge is 0.441 e. The molecule has 0 fully saturated rings. The number of aromatic nitrogens is 1. The maximum Gasteiger partial charge on any atom is 0.240 e. The molecule has 7 nitrogen and oxygen atoms in total. The zero-order valence-electron chi connectivity index (χ0n) is 16.9. The molecule has 2 aromatic carbocycles. The fraction of sp³-hybridized carbons (Fsp3) is 0.333. The molecule has 0 saturated carbocycles. The van der Waals surface area contributed by atoms with Gasteiger partial charge in [0, 0.05) is 25.6 Å². The second kappa shape index (κ2) is 7.96. The predicted molar refractivity (Wildman–Crippen MR) is 112 cm³/mol. The molecule has 0 aliphatic carbocycles. The van der Waals surface area contributed by atoms with Crippen molar-refractivity contribution in [2.45, 2.75) is 44.4 Å². The second-order valence-corrected chi connectivity index (χ2v) is 9.65. The molecule has 0 bridgehead atoms. The Bertz CT molecular complexity index is 1130. The zero-order valence-corrected chi connectivity index (χ0v) is 17.8. The van der Waals surface area contributed by atoms with Crippen LogP contribution in [0.5, 0.6) is 0 Å². The third kappa shape index (κ3) is 5.21. The van der Waals surface area contributed by atoms with Crippen molar-refractivity contribution in [3.05, 3.63) is 53.9 Å². The van der Waals surface area contributed by atoms with Gasteiger partial charge in [-0.1, -0.05) is 32.9 Å². The molecule has 1 heterocycles. The first-order chi connectivity index (χ1) is 13.5. The Labute approximate surface area is 170 Å². The summed E-state index contributed by atoms with van der Waals surface area (Å²) in [5, 5.41) is 2.74. The fourth-order valence-corrected chi connectivity index (χ4v) is 3.89. The van der Waals surface area contributed by atoms with E-state index in [1.54, 1.807) is 37.3 Å². The van der Waals surface area contributed by atoms with Gasteiger partial charge in [-0.2, -0.15) is 0 Å². The Balaban J connectivity index is 1.55. The van der Waals surface area contributed by atoms with E-state index in [0.717, 1.165) is 5.56 Å². The Morgan fingerprint density at radius 2 is 1.79 bits per heavy atom. The van der Waals surface area contributed by atoms with Crippen LogP contribution in [0.4, 0.5) is 5.69 Å². The molecule has 0 spiro atoms. The van der Waals surface area contributed by atoms with Crippen LogP contribution in [-0.2, 0) is 20.2 Å². The number of aryl methyl sites for hydroxylation is 1. The minimum absolute atomic E-state index is 0.000498. The van der Waals surface area contributed by atoms with E-state index < -0.39 is 10.0 Å². The maximum atomic E-state index is 12.4. The molecule has 0 radical (unpaired) electrons. The Hall–Kier alpha value is -2.71. The van der Waals surface area contributed by atoms with Crippen molar-refractivity contribution in [1.82, 2.24) is 9.71 Å². The highest BCUT2D eigenvalue weighted by Crippen LogP contribution is 2.23. The number of oxazole rings is 1. The summed E-state index contributed by atoms with van der Waals surface area (Å²) < 4.78 is 32.7. The molecule has 3 rings (SSSR count). The van der Waals surface area contributed by atoms with E-state index in [9.17, 15) is 13.2 Å². The van der Waals surface area contributed by atoms with Gasteiger partial charge in [0.25, 0.3) is 0 Å². The third-order valence-corrected chi connectivity index (χ3v) is 5.93. The van der Waals surface area contributed by atoms with Crippen molar-refractivity contribution in [2.24, 2.45) is 0 Å². The highest BCUT2D eigenvalue weighted by molar-refractivity contribution is 7.89. The summed E-state index contributed by atoms with van der Waals surface area (Å²) in [6, 6.07) is 11.9. The van der Waals surface area contributed by atoms with Gasteiger partial charge in [-0.15, -0.1) is 0 Å². The highest BCUT2D eigenvalue weighted by atomic mass is 32.2. The Kier molecular flexibility index (Phi) is 5.77. The normalized spacial score (nSPS) is 12.3. The van der Waals surface area contributed by atoms with Crippen LogP contribution >= 0.6 is 0 Å². The van der Waals surface area contributed by atoms with E-state index in [1.807, 2.05) is 12.1 Å². The smallest absolute Gasteiger partial charge is 0.240 e. The Morgan fingerprint density at radius 1 is 1.10 bits per heavy atom. The van der Waals surface area contributed by atoms with Gasteiger partial charge in [0.15, 0.2) is 11.5 Å². The van der Waals surface area contributed by atoms with Crippen LogP contribution < -0.4 is 10.0 Å². The van der Waals surface area contributed by atoms with Crippen LogP contribution in [0, 0.1) is 6.92 Å². The summed E-state index contributed by atoms with van der Waals surface area (Å²) in [6.07, 6.45) is 0.00911. The number of anilines is 1. The number of fused-ring (bicyclic) bond motifs is 1. The lowest BCUT2D eigenvalue weighted by molar-refractivity contribution is -0.116. The molecule has 0 aliphatic rings. The fourth-order valence-electron chi connectivity index (χ4n) is 2.86. The average molecular weight is 416 g/mol. The number of sulfonamides is 1. The van der Waals surface area contributed by atoms with Crippen LogP contribution in [0.3, 0.4) is 0 Å². The van der Waals surface area contributed by atoms with Gasteiger partial charge in [0.05, 0.1) is 4.90 Å². The van der Waals surface area contributed by atoms with Gasteiger partial charge in [-0.3, -0.25) is 4.79 Å². The lowest BCUT2D eigenvalue weighted by atomic mass is 9.87. The molecule has 3 aromatic rings. The molecule has 0 atom stereocenters. The molecule has 2 N–H and O–H groups in total. The van der Waals surface area contributed by atoms with Crippen LogP contribution in [0.25, 0.3) is 11.1 Å². The van der Waals surface area contributed by atoms with Crippen molar-refractivity contribution in [1.29, 1.82) is 0 Å². The van der Waals surface area contributed by atoms with E-state index in [4.69, 9.17) is 4.42 Å². The molecule has 0 saturated heterocycles. The molecule has 29 heavy (non-hydrogen) atoms. The first kappa shape index (κ1) is 21.0. The summed E-state index contributed by atoms with van der Waals surface area (Å²) in [6.45, 7) is 7.94. The van der Waals surface area contributed by atoms with Gasteiger partial charge in [-0.25, -0.2) is 18.1 Å². The minimum Gasteiger partial charge on any atom is -0.441 e. The van der Waals surface area contributed by atoms with Gasteiger partial charge in [0.1, 0.15) is 5.52 Å². The third-order valence-electron chi connectivity index (χ3n) is 4.45. The predicted octanol–water partition coefficient (Wildman–Crippen LogP) is 3.74. The standard InChI is InChI=1S/C21H25N3O4S/c1-14-23-18-13-16(7-10-19(18)28-14)24-20(25)11-12-22-29(26,27)17-8-5-15(6-9-17)21(2,3)4/h5-10,13,22H,11-12H2,1-4H3,(H,24,25). The van der Waals surface area contributed by atoms with Gasteiger partial charge in [0.2, 0.25) is 15.9 Å². The van der Waals surface area contributed by atoms with Crippen molar-refractivity contribution in [3.8, 4) is 0 Å². The summed E-state index contributed by atoms with van der Waals surface area (Å²) in [5.74, 6) is 0.253. The Morgan fingerprint density at radius 3 is 2.45 bits per heavy atom. The number of benzene rings is 2. The SMILES string of the molecule is Cc1nc2cc(NC(=O)CCNS(=O)(=O)c3ccc(C(C)(C)C)cc3)ccc2o1. The summed E-state index contributed by atoms with van der Waals surface area (Å²) in [7, 11) is -3.67. The number of nitrogens with zero attached hydrogens (tertiary/aromatic N) is 1. The molecule has 154 valence electrons. The number of rotatable bonds is 6. The molecule has 0 unspecified atom stereocenters. The molecular weight excluding hydrogens is 390 g/mol. The van der Waals surface area contributed by atoms with E-state index >= 15 is 0 Å². The zero-order chi connectivity index (χ0) is 21.2. The van der Waals surface area contributed by atoms with Gasteiger partial charge < -0.3 is 9.73 Å². The maximum absolute atomic E-state index is 12.4. The first-order valence-electron chi connectivity index (χ1n) is 9.32. The quantitative estimate of drug-likeness (QED) is 0.639. The van der Waals surface area contributed by atoms with E-state index in [-0.39, 0.29) is 29.2 Å². The number of carbonyl (C=O) groups is 1. The summed E-state index contributed by atoms with van der Waals surface area (Å²) in [4.78, 5) is 16.5. The van der Waals surface area contributed by atoms with Crippen LogP contribution in [0.15, 0.2) is 51.8 Å². The first-order valence-corrected chi connectivity index (χ1v) is 10.8. The van der Waals surface area contributed by atoms with E-state index in [1.165, 1.54) is 0 Å².